The van der Waals surface area contributed by atoms with E-state index < -0.39 is 6.10 Å². The Morgan fingerprint density at radius 3 is 2.43 bits per heavy atom. The number of piperidine rings is 1. The topological polar surface area (TPSA) is 33.9 Å². The van der Waals surface area contributed by atoms with Gasteiger partial charge in [0, 0.05) is 0 Å². The second-order valence-corrected chi connectivity index (χ2v) is 8.73. The number of rotatable bonds is 8. The van der Waals surface area contributed by atoms with Crippen molar-refractivity contribution in [1.82, 2.24) is 0 Å². The molecule has 0 saturated carbocycles. The van der Waals surface area contributed by atoms with Crippen molar-refractivity contribution < 1.29 is 14.7 Å². The molecule has 2 aromatic rings. The molecular formula is C25H36NO2+. The van der Waals surface area contributed by atoms with Crippen LogP contribution in [0.25, 0.3) is 0 Å². The van der Waals surface area contributed by atoms with Crippen molar-refractivity contribution >= 4 is 0 Å². The highest BCUT2D eigenvalue weighted by Crippen LogP contribution is 2.23. The van der Waals surface area contributed by atoms with Gasteiger partial charge in [-0.1, -0.05) is 50.2 Å². The third-order valence-corrected chi connectivity index (χ3v) is 6.01. The van der Waals surface area contributed by atoms with Crippen LogP contribution in [0.15, 0.2) is 48.5 Å². The van der Waals surface area contributed by atoms with Crippen LogP contribution in [0.3, 0.4) is 0 Å². The van der Waals surface area contributed by atoms with E-state index in [1.54, 1.807) is 0 Å². The fraction of sp³-hybridized carbons (Fsp3) is 0.520. The maximum absolute atomic E-state index is 10.4. The van der Waals surface area contributed by atoms with Crippen LogP contribution < -0.4 is 9.64 Å². The second-order valence-electron chi connectivity index (χ2n) is 8.73. The smallest absolute Gasteiger partial charge is 0.137 e. The summed E-state index contributed by atoms with van der Waals surface area (Å²) in [7, 11) is 0. The van der Waals surface area contributed by atoms with Gasteiger partial charge in [-0.2, -0.15) is 0 Å². The Morgan fingerprint density at radius 2 is 1.79 bits per heavy atom. The van der Waals surface area contributed by atoms with E-state index in [0.717, 1.165) is 31.3 Å². The molecule has 0 radical (unpaired) electrons. The Labute approximate surface area is 170 Å². The zero-order valence-corrected chi connectivity index (χ0v) is 17.7. The van der Waals surface area contributed by atoms with Crippen LogP contribution in [-0.4, -0.2) is 37.5 Å². The van der Waals surface area contributed by atoms with Crippen LogP contribution in [0, 0.1) is 12.8 Å². The average Bonchev–Trinajstić information content (AvgIpc) is 2.68. The molecule has 2 aromatic carbocycles. The van der Waals surface area contributed by atoms with Crippen LogP contribution in [-0.2, 0) is 6.42 Å². The summed E-state index contributed by atoms with van der Waals surface area (Å²) in [6, 6.07) is 17.1. The van der Waals surface area contributed by atoms with E-state index in [1.807, 2.05) is 6.07 Å². The zero-order chi connectivity index (χ0) is 19.9. The number of quaternary nitrogens is 1. The maximum atomic E-state index is 10.4. The van der Waals surface area contributed by atoms with Gasteiger partial charge in [0.15, 0.2) is 0 Å². The molecule has 1 saturated heterocycles. The first-order chi connectivity index (χ1) is 13.5. The third-order valence-electron chi connectivity index (χ3n) is 6.01. The summed E-state index contributed by atoms with van der Waals surface area (Å²) >= 11 is 0. The van der Waals surface area contributed by atoms with Gasteiger partial charge in [-0.15, -0.1) is 0 Å². The van der Waals surface area contributed by atoms with Crippen molar-refractivity contribution in [1.29, 1.82) is 0 Å². The van der Waals surface area contributed by atoms with Gasteiger partial charge in [0.25, 0.3) is 0 Å². The quantitative estimate of drug-likeness (QED) is 0.734. The molecule has 1 heterocycles. The second kappa shape index (κ2) is 10.1. The van der Waals surface area contributed by atoms with Crippen molar-refractivity contribution in [3.05, 3.63) is 65.2 Å². The van der Waals surface area contributed by atoms with Gasteiger partial charge in [0.1, 0.15) is 25.0 Å². The first-order valence-corrected chi connectivity index (χ1v) is 10.8. The summed E-state index contributed by atoms with van der Waals surface area (Å²) in [5.41, 5.74) is 4.06. The van der Waals surface area contributed by atoms with Gasteiger partial charge in [-0.25, -0.2) is 0 Å². The lowest BCUT2D eigenvalue weighted by atomic mass is 9.90. The predicted octanol–water partition coefficient (Wildman–Crippen LogP) is 3.40. The van der Waals surface area contributed by atoms with E-state index in [1.165, 1.54) is 40.9 Å². The molecule has 0 unspecified atom stereocenters. The van der Waals surface area contributed by atoms with Crippen molar-refractivity contribution in [2.75, 3.05) is 26.2 Å². The summed E-state index contributed by atoms with van der Waals surface area (Å²) in [4.78, 5) is 1.51. The van der Waals surface area contributed by atoms with Crippen LogP contribution in [0.2, 0.25) is 0 Å². The van der Waals surface area contributed by atoms with Gasteiger partial charge in [0.2, 0.25) is 0 Å². The Bertz CT molecular complexity index is 721. The van der Waals surface area contributed by atoms with Gasteiger partial charge < -0.3 is 14.7 Å². The number of aryl methyl sites for hydroxylation is 1. The molecule has 152 valence electrons. The molecule has 2 N–H and O–H groups in total. The predicted molar refractivity (Wildman–Crippen MR) is 115 cm³/mol. The molecule has 1 aliphatic heterocycles. The molecule has 0 aromatic heterocycles. The minimum Gasteiger partial charge on any atom is -0.491 e. The van der Waals surface area contributed by atoms with Crippen LogP contribution in [0.5, 0.6) is 5.75 Å². The molecule has 3 heteroatoms. The van der Waals surface area contributed by atoms with Gasteiger partial charge in [-0.3, -0.25) is 0 Å². The summed E-state index contributed by atoms with van der Waals surface area (Å²) < 4.78 is 5.86. The van der Waals surface area contributed by atoms with Gasteiger partial charge in [-0.05, 0) is 66.8 Å². The van der Waals surface area contributed by atoms with E-state index in [2.05, 4.69) is 63.2 Å². The van der Waals surface area contributed by atoms with Gasteiger partial charge >= 0.3 is 0 Å². The number of benzene rings is 2. The van der Waals surface area contributed by atoms with Gasteiger partial charge in [0.05, 0.1) is 13.1 Å². The van der Waals surface area contributed by atoms with E-state index in [-0.39, 0.29) is 0 Å². The molecule has 1 atom stereocenters. The highest BCUT2D eigenvalue weighted by Gasteiger charge is 2.24. The molecule has 1 fully saturated rings. The first-order valence-electron chi connectivity index (χ1n) is 10.8. The number of ether oxygens (including phenoxy) is 1. The van der Waals surface area contributed by atoms with Crippen molar-refractivity contribution in [3.63, 3.8) is 0 Å². The lowest BCUT2D eigenvalue weighted by Crippen LogP contribution is -3.14. The highest BCUT2D eigenvalue weighted by molar-refractivity contribution is 5.36. The number of likely N-dealkylation sites (tertiary alicyclic amines) is 1. The summed E-state index contributed by atoms with van der Waals surface area (Å²) in [5, 5.41) is 10.4. The fourth-order valence-electron chi connectivity index (χ4n) is 4.41. The Kier molecular flexibility index (Phi) is 7.52. The highest BCUT2D eigenvalue weighted by atomic mass is 16.5. The molecule has 3 nitrogen and oxygen atoms in total. The number of nitrogens with one attached hydrogen (secondary N) is 1. The summed E-state index contributed by atoms with van der Waals surface area (Å²) in [6.45, 7) is 9.99. The molecule has 0 spiro atoms. The third kappa shape index (κ3) is 6.08. The summed E-state index contributed by atoms with van der Waals surface area (Å²) in [5.74, 6) is 2.16. The van der Waals surface area contributed by atoms with E-state index in [4.69, 9.17) is 4.74 Å². The van der Waals surface area contributed by atoms with E-state index in [0.29, 0.717) is 12.5 Å². The molecule has 1 aliphatic rings. The minimum atomic E-state index is -0.411. The van der Waals surface area contributed by atoms with E-state index in [9.17, 15) is 5.11 Å². The Morgan fingerprint density at radius 1 is 1.07 bits per heavy atom. The lowest BCUT2D eigenvalue weighted by molar-refractivity contribution is -0.909. The van der Waals surface area contributed by atoms with Crippen molar-refractivity contribution in [2.24, 2.45) is 5.92 Å². The Hall–Kier alpha value is -1.84. The van der Waals surface area contributed by atoms with Crippen LogP contribution in [0.1, 0.15) is 49.3 Å². The SMILES string of the molecule is Cc1cc(OC[C@@H](O)C[NH+]2CCC(Cc3ccccc3)CC2)ccc1C(C)C. The monoisotopic (exact) mass is 382 g/mol. The first kappa shape index (κ1) is 20.9. The number of aliphatic hydroxyl groups is 1. The standard InChI is InChI=1S/C25H35NO2/c1-19(2)25-10-9-24(15-20(25)3)28-18-23(27)17-26-13-11-22(12-14-26)16-21-7-5-4-6-8-21/h4-10,15,19,22-23,27H,11-14,16-18H2,1-3H3/p+1/t23-/m0/s1. The number of hydrogen-bond acceptors (Lipinski definition) is 2. The summed E-state index contributed by atoms with van der Waals surface area (Å²) in [6.07, 6.45) is 3.26. The van der Waals surface area contributed by atoms with E-state index >= 15 is 0 Å². The van der Waals surface area contributed by atoms with Crippen LogP contribution >= 0.6 is 0 Å². The molecule has 0 amide bonds. The molecular weight excluding hydrogens is 346 g/mol. The number of hydrogen-bond donors (Lipinski definition) is 2. The average molecular weight is 383 g/mol. The van der Waals surface area contributed by atoms with Crippen molar-refractivity contribution in [3.8, 4) is 5.75 Å². The fourth-order valence-corrected chi connectivity index (χ4v) is 4.41. The largest absolute Gasteiger partial charge is 0.491 e. The van der Waals surface area contributed by atoms with Crippen molar-refractivity contribution in [2.45, 2.75) is 52.1 Å². The zero-order valence-electron chi connectivity index (χ0n) is 17.7. The molecule has 0 bridgehead atoms. The molecule has 0 aliphatic carbocycles. The Balaban J connectivity index is 1.39. The lowest BCUT2D eigenvalue weighted by Gasteiger charge is -2.30. The molecule has 28 heavy (non-hydrogen) atoms. The normalized spacial score (nSPS) is 20.9. The minimum absolute atomic E-state index is 0.372. The van der Waals surface area contributed by atoms with Crippen LogP contribution in [0.4, 0.5) is 0 Å². The maximum Gasteiger partial charge on any atom is 0.137 e. The number of aliphatic hydroxyl groups excluding tert-OH is 1. The molecule has 3 rings (SSSR count).